The van der Waals surface area contributed by atoms with Gasteiger partial charge >= 0.3 is 0 Å². The van der Waals surface area contributed by atoms with E-state index in [2.05, 4.69) is 26.3 Å². The van der Waals surface area contributed by atoms with Crippen molar-refractivity contribution >= 4 is 0 Å². The smallest absolute Gasteiger partial charge is 0.200 e. The summed E-state index contributed by atoms with van der Waals surface area (Å²) < 4.78 is 51.6. The predicted octanol–water partition coefficient (Wildman–Crippen LogP) is 6.28. The fraction of sp³-hybridized carbons (Fsp3) is 0.182. The number of benzene rings is 1. The third-order valence-corrected chi connectivity index (χ3v) is 3.47. The molecule has 0 bridgehead atoms. The maximum atomic E-state index is 14.0. The second-order valence-corrected chi connectivity index (χ2v) is 5.68. The Balaban J connectivity index is 2.65. The van der Waals surface area contributed by atoms with E-state index in [-0.39, 0.29) is 29.3 Å². The van der Waals surface area contributed by atoms with Crippen molar-refractivity contribution in [3.63, 3.8) is 0 Å². The first-order chi connectivity index (χ1) is 12.7. The summed E-state index contributed by atoms with van der Waals surface area (Å²) in [5.74, 6) is -2.65. The highest BCUT2D eigenvalue weighted by Crippen LogP contribution is 2.23. The topological polar surface area (TPSA) is 18.5 Å². The molecule has 2 nitrogen and oxygen atoms in total. The zero-order chi connectivity index (χ0) is 20.6. The van der Waals surface area contributed by atoms with Gasteiger partial charge in [0.1, 0.15) is 18.2 Å². The Morgan fingerprint density at radius 3 is 2.37 bits per heavy atom. The van der Waals surface area contributed by atoms with Gasteiger partial charge in [-0.1, -0.05) is 44.5 Å². The molecule has 0 fully saturated rings. The zero-order valence-electron chi connectivity index (χ0n) is 15.6. The molecular formula is C22H23F3O2. The van der Waals surface area contributed by atoms with Crippen molar-refractivity contribution in [1.29, 1.82) is 0 Å². The molecule has 1 aromatic carbocycles. The fourth-order valence-corrected chi connectivity index (χ4v) is 1.89. The summed E-state index contributed by atoms with van der Waals surface area (Å²) in [5.41, 5.74) is 1.01. The molecule has 0 saturated carbocycles. The average Bonchev–Trinajstić information content (AvgIpc) is 2.63. The minimum atomic E-state index is -1.05. The van der Waals surface area contributed by atoms with Gasteiger partial charge in [-0.2, -0.15) is 4.39 Å². The summed E-state index contributed by atoms with van der Waals surface area (Å²) in [6.07, 6.45) is 4.15. The van der Waals surface area contributed by atoms with Crippen molar-refractivity contribution in [1.82, 2.24) is 0 Å². The van der Waals surface area contributed by atoms with Gasteiger partial charge in [-0.25, -0.2) is 8.78 Å². The van der Waals surface area contributed by atoms with E-state index in [9.17, 15) is 13.2 Å². The first-order valence-corrected chi connectivity index (χ1v) is 8.18. The lowest BCUT2D eigenvalue weighted by Crippen LogP contribution is -2.02. The van der Waals surface area contributed by atoms with Crippen LogP contribution in [0.5, 0.6) is 5.75 Å². The van der Waals surface area contributed by atoms with E-state index in [4.69, 9.17) is 9.47 Å². The quantitative estimate of drug-likeness (QED) is 0.353. The molecule has 0 radical (unpaired) electrons. The molecule has 1 aromatic rings. The summed E-state index contributed by atoms with van der Waals surface area (Å²) in [7, 11) is 0. The van der Waals surface area contributed by atoms with Gasteiger partial charge in [0.15, 0.2) is 11.6 Å². The summed E-state index contributed by atoms with van der Waals surface area (Å²) in [6, 6.07) is 2.76. The van der Waals surface area contributed by atoms with Gasteiger partial charge in [-0.15, -0.1) is 0 Å². The lowest BCUT2D eigenvalue weighted by Gasteiger charge is -2.09. The molecule has 0 aliphatic rings. The molecule has 0 unspecified atom stereocenters. The SMILES string of the molecule is C=C(/C=C\C(=C)C(=C)/C(F)=C\C(=C)OCC)COc1ccc(C)c(F)c1F. The Labute approximate surface area is 158 Å². The normalized spacial score (nSPS) is 11.4. The van der Waals surface area contributed by atoms with E-state index >= 15 is 0 Å². The number of hydrogen-bond acceptors (Lipinski definition) is 2. The molecule has 1 rings (SSSR count). The van der Waals surface area contributed by atoms with Crippen LogP contribution in [0.3, 0.4) is 0 Å². The van der Waals surface area contributed by atoms with Gasteiger partial charge in [0.2, 0.25) is 5.82 Å². The molecule has 0 atom stereocenters. The molecule has 0 aliphatic heterocycles. The second kappa shape index (κ2) is 10.3. The van der Waals surface area contributed by atoms with Crippen LogP contribution >= 0.6 is 0 Å². The first-order valence-electron chi connectivity index (χ1n) is 8.18. The van der Waals surface area contributed by atoms with Crippen molar-refractivity contribution in [2.45, 2.75) is 13.8 Å². The van der Waals surface area contributed by atoms with Crippen LogP contribution in [-0.4, -0.2) is 13.2 Å². The van der Waals surface area contributed by atoms with E-state index in [1.807, 2.05) is 0 Å². The molecule has 0 aromatic heterocycles. The Morgan fingerprint density at radius 1 is 1.07 bits per heavy atom. The Hall–Kier alpha value is -2.95. The van der Waals surface area contributed by atoms with Crippen molar-refractivity contribution < 1.29 is 22.6 Å². The van der Waals surface area contributed by atoms with E-state index < -0.39 is 17.5 Å². The summed E-state index contributed by atoms with van der Waals surface area (Å²) >= 11 is 0. The second-order valence-electron chi connectivity index (χ2n) is 5.68. The number of hydrogen-bond donors (Lipinski definition) is 0. The monoisotopic (exact) mass is 376 g/mol. The van der Waals surface area contributed by atoms with E-state index in [0.717, 1.165) is 6.08 Å². The van der Waals surface area contributed by atoms with Crippen LogP contribution in [0.2, 0.25) is 0 Å². The highest BCUT2D eigenvalue weighted by atomic mass is 19.2. The van der Waals surface area contributed by atoms with E-state index in [1.54, 1.807) is 6.92 Å². The maximum Gasteiger partial charge on any atom is 0.200 e. The van der Waals surface area contributed by atoms with Gasteiger partial charge in [0.05, 0.1) is 6.61 Å². The molecule has 5 heteroatoms. The van der Waals surface area contributed by atoms with Crippen molar-refractivity contribution in [3.05, 3.63) is 102 Å². The van der Waals surface area contributed by atoms with Crippen LogP contribution in [0.1, 0.15) is 12.5 Å². The molecule has 0 aliphatic carbocycles. The lowest BCUT2D eigenvalue weighted by molar-refractivity contribution is 0.243. The van der Waals surface area contributed by atoms with E-state index in [0.29, 0.717) is 17.8 Å². The molecule has 27 heavy (non-hydrogen) atoms. The minimum absolute atomic E-state index is 0.0625. The van der Waals surface area contributed by atoms with Gasteiger partial charge in [-0.3, -0.25) is 0 Å². The number of ether oxygens (including phenoxy) is 2. The van der Waals surface area contributed by atoms with E-state index in [1.165, 1.54) is 31.2 Å². The molecule has 0 N–H and O–H groups in total. The Bertz CT molecular complexity index is 817. The Kier molecular flexibility index (Phi) is 8.39. The van der Waals surface area contributed by atoms with Crippen LogP contribution in [0.15, 0.2) is 85.0 Å². The van der Waals surface area contributed by atoms with Gasteiger partial charge in [0.25, 0.3) is 0 Å². The molecular weight excluding hydrogens is 353 g/mol. The summed E-state index contributed by atoms with van der Waals surface area (Å²) in [6.45, 7) is 18.2. The number of rotatable bonds is 10. The Morgan fingerprint density at radius 2 is 1.74 bits per heavy atom. The average molecular weight is 376 g/mol. The van der Waals surface area contributed by atoms with Crippen molar-refractivity contribution in [3.8, 4) is 5.75 Å². The third kappa shape index (κ3) is 6.70. The molecule has 144 valence electrons. The van der Waals surface area contributed by atoms with Crippen LogP contribution in [0.25, 0.3) is 0 Å². The predicted molar refractivity (Wildman–Crippen MR) is 103 cm³/mol. The highest BCUT2D eigenvalue weighted by Gasteiger charge is 2.12. The summed E-state index contributed by atoms with van der Waals surface area (Å²) in [4.78, 5) is 0. The van der Waals surface area contributed by atoms with Gasteiger partial charge in [0, 0.05) is 11.6 Å². The standard InChI is InChI=1S/C22H23F3O2/c1-7-26-17(5)12-19(23)18(6)15(3)9-8-14(2)13-27-20-11-10-16(4)21(24)22(20)25/h8-12H,2-3,5-7,13H2,1,4H3/b9-8-,19-12+. The highest BCUT2D eigenvalue weighted by molar-refractivity contribution is 5.48. The van der Waals surface area contributed by atoms with Gasteiger partial charge < -0.3 is 9.47 Å². The van der Waals surface area contributed by atoms with Crippen LogP contribution < -0.4 is 4.74 Å². The fourth-order valence-electron chi connectivity index (χ4n) is 1.89. The first kappa shape index (κ1) is 22.1. The summed E-state index contributed by atoms with van der Waals surface area (Å²) in [5, 5.41) is 0. The molecule has 0 saturated heterocycles. The largest absolute Gasteiger partial charge is 0.494 e. The third-order valence-electron chi connectivity index (χ3n) is 3.47. The van der Waals surface area contributed by atoms with Gasteiger partial charge in [-0.05, 0) is 36.6 Å². The zero-order valence-corrected chi connectivity index (χ0v) is 15.6. The van der Waals surface area contributed by atoms with Crippen molar-refractivity contribution in [2.24, 2.45) is 0 Å². The minimum Gasteiger partial charge on any atom is -0.494 e. The molecule has 0 amide bonds. The molecule has 0 spiro atoms. The lowest BCUT2D eigenvalue weighted by atomic mass is 10.1. The number of allylic oxidation sites excluding steroid dienone is 5. The maximum absolute atomic E-state index is 14.0. The number of halogens is 3. The van der Waals surface area contributed by atoms with Crippen LogP contribution in [0.4, 0.5) is 13.2 Å². The van der Waals surface area contributed by atoms with Crippen LogP contribution in [0, 0.1) is 18.6 Å². The number of aryl methyl sites for hydroxylation is 1. The van der Waals surface area contributed by atoms with Crippen molar-refractivity contribution in [2.75, 3.05) is 13.2 Å². The molecule has 0 heterocycles. The van der Waals surface area contributed by atoms with Crippen LogP contribution in [-0.2, 0) is 4.74 Å².